The van der Waals surface area contributed by atoms with Gasteiger partial charge in [0.05, 0.1) is 11.3 Å². The molecule has 0 aromatic carbocycles. The fraction of sp³-hybridized carbons (Fsp3) is 0.167. The van der Waals surface area contributed by atoms with Gasteiger partial charge >= 0.3 is 0 Å². The predicted molar refractivity (Wildman–Crippen MR) is 100 cm³/mol. The first-order chi connectivity index (χ1) is 12.5. The number of thiazole rings is 1. The Kier molecular flexibility index (Phi) is 3.96. The summed E-state index contributed by atoms with van der Waals surface area (Å²) in [4.78, 5) is 25.8. The predicted octanol–water partition coefficient (Wildman–Crippen LogP) is 3.43. The van der Waals surface area contributed by atoms with E-state index in [0.717, 1.165) is 22.4 Å². The lowest BCUT2D eigenvalue weighted by molar-refractivity contribution is 0.102. The van der Waals surface area contributed by atoms with E-state index in [1.54, 1.807) is 23.8 Å². The second kappa shape index (κ2) is 6.30. The SMILES string of the molecule is Cc1csc(NC(=O)c2cc(-c3cnccc3C)cn3nc(C)nc23)n1. The molecule has 4 heterocycles. The number of hydrogen-bond donors (Lipinski definition) is 1. The maximum atomic E-state index is 12.9. The number of amides is 1. The molecule has 0 aliphatic carbocycles. The van der Waals surface area contributed by atoms with E-state index in [1.807, 2.05) is 37.6 Å². The summed E-state index contributed by atoms with van der Waals surface area (Å²) in [5.74, 6) is 0.337. The van der Waals surface area contributed by atoms with E-state index in [2.05, 4.69) is 25.4 Å². The summed E-state index contributed by atoms with van der Waals surface area (Å²) in [5, 5.41) is 9.67. The molecule has 7 nitrogen and oxygen atoms in total. The lowest BCUT2D eigenvalue weighted by atomic mass is 10.0. The van der Waals surface area contributed by atoms with Crippen molar-refractivity contribution in [3.8, 4) is 11.1 Å². The number of anilines is 1. The minimum atomic E-state index is -0.264. The average Bonchev–Trinajstić information content (AvgIpc) is 3.18. The number of hydrogen-bond acceptors (Lipinski definition) is 6. The van der Waals surface area contributed by atoms with E-state index >= 15 is 0 Å². The molecule has 0 aliphatic rings. The molecule has 0 unspecified atom stereocenters. The van der Waals surface area contributed by atoms with Gasteiger partial charge in [0.15, 0.2) is 10.8 Å². The minimum Gasteiger partial charge on any atom is -0.298 e. The summed E-state index contributed by atoms with van der Waals surface area (Å²) in [6.45, 7) is 5.69. The summed E-state index contributed by atoms with van der Waals surface area (Å²) in [5.41, 5.74) is 4.69. The molecule has 0 spiro atoms. The van der Waals surface area contributed by atoms with Crippen molar-refractivity contribution in [2.24, 2.45) is 0 Å². The Labute approximate surface area is 153 Å². The number of aryl methyl sites for hydroxylation is 3. The van der Waals surface area contributed by atoms with E-state index in [4.69, 9.17) is 0 Å². The number of nitrogens with zero attached hydrogens (tertiary/aromatic N) is 5. The molecule has 0 radical (unpaired) electrons. The normalized spacial score (nSPS) is 11.0. The van der Waals surface area contributed by atoms with Crippen LogP contribution in [0.15, 0.2) is 36.1 Å². The summed E-state index contributed by atoms with van der Waals surface area (Å²) in [6, 6.07) is 3.76. The Morgan fingerprint density at radius 2 is 2.08 bits per heavy atom. The zero-order valence-corrected chi connectivity index (χ0v) is 15.3. The van der Waals surface area contributed by atoms with Crippen molar-refractivity contribution >= 4 is 28.0 Å². The van der Waals surface area contributed by atoms with Crippen LogP contribution in [0.1, 0.15) is 27.4 Å². The molecule has 0 saturated heterocycles. The van der Waals surface area contributed by atoms with Crippen LogP contribution in [0.5, 0.6) is 0 Å². The van der Waals surface area contributed by atoms with Crippen LogP contribution in [0.3, 0.4) is 0 Å². The van der Waals surface area contributed by atoms with Gasteiger partial charge in [0, 0.05) is 35.1 Å². The third-order valence-electron chi connectivity index (χ3n) is 3.97. The summed E-state index contributed by atoms with van der Waals surface area (Å²) >= 11 is 1.39. The van der Waals surface area contributed by atoms with E-state index in [-0.39, 0.29) is 5.91 Å². The number of aromatic nitrogens is 5. The molecule has 0 fully saturated rings. The first kappa shape index (κ1) is 16.3. The number of pyridine rings is 2. The molecule has 4 aromatic rings. The maximum Gasteiger partial charge on any atom is 0.261 e. The average molecular weight is 364 g/mol. The van der Waals surface area contributed by atoms with Gasteiger partial charge < -0.3 is 0 Å². The Balaban J connectivity index is 1.84. The fourth-order valence-electron chi connectivity index (χ4n) is 2.75. The van der Waals surface area contributed by atoms with Crippen LogP contribution in [0.25, 0.3) is 16.8 Å². The van der Waals surface area contributed by atoms with Crippen LogP contribution in [0.4, 0.5) is 5.13 Å². The summed E-state index contributed by atoms with van der Waals surface area (Å²) in [6.07, 6.45) is 5.39. The van der Waals surface area contributed by atoms with Gasteiger partial charge in [-0.05, 0) is 38.5 Å². The van der Waals surface area contributed by atoms with Crippen LogP contribution in [-0.4, -0.2) is 30.5 Å². The number of rotatable bonds is 3. The van der Waals surface area contributed by atoms with Crippen molar-refractivity contribution in [1.82, 2.24) is 24.6 Å². The molecule has 26 heavy (non-hydrogen) atoms. The second-order valence-corrected chi connectivity index (χ2v) is 6.87. The molecule has 0 saturated carbocycles. The molecule has 4 aromatic heterocycles. The molecule has 4 rings (SSSR count). The largest absolute Gasteiger partial charge is 0.298 e. The van der Waals surface area contributed by atoms with Crippen molar-refractivity contribution in [2.45, 2.75) is 20.8 Å². The van der Waals surface area contributed by atoms with Gasteiger partial charge in [-0.25, -0.2) is 14.5 Å². The molecule has 130 valence electrons. The quantitative estimate of drug-likeness (QED) is 0.602. The number of fused-ring (bicyclic) bond motifs is 1. The molecule has 1 amide bonds. The van der Waals surface area contributed by atoms with Crippen LogP contribution < -0.4 is 5.32 Å². The maximum absolute atomic E-state index is 12.9. The third kappa shape index (κ3) is 2.95. The molecular weight excluding hydrogens is 348 g/mol. The number of carbonyl (C=O) groups excluding carboxylic acids is 1. The third-order valence-corrected chi connectivity index (χ3v) is 4.85. The first-order valence-corrected chi connectivity index (χ1v) is 8.91. The Morgan fingerprint density at radius 1 is 1.23 bits per heavy atom. The molecular formula is C18H16N6OS. The standard InChI is InChI=1S/C18H16N6OS/c1-10-4-5-19-7-15(10)13-6-14(16-21-12(3)23-24(16)8-13)17(25)22-18-20-11(2)9-26-18/h4-9H,1-3H3,(H,20,22,25). The van der Waals surface area contributed by atoms with Crippen LogP contribution in [0.2, 0.25) is 0 Å². The van der Waals surface area contributed by atoms with Gasteiger partial charge in [0.25, 0.3) is 5.91 Å². The van der Waals surface area contributed by atoms with Gasteiger partial charge in [-0.15, -0.1) is 11.3 Å². The topological polar surface area (TPSA) is 85.1 Å². The van der Waals surface area contributed by atoms with Crippen molar-refractivity contribution in [1.29, 1.82) is 0 Å². The smallest absolute Gasteiger partial charge is 0.261 e. The van der Waals surface area contributed by atoms with E-state index in [1.165, 1.54) is 11.3 Å². The zero-order chi connectivity index (χ0) is 18.3. The molecule has 0 atom stereocenters. The van der Waals surface area contributed by atoms with E-state index in [9.17, 15) is 4.79 Å². The number of nitrogens with one attached hydrogen (secondary N) is 1. The van der Waals surface area contributed by atoms with Gasteiger partial charge in [-0.1, -0.05) is 0 Å². The number of carbonyl (C=O) groups is 1. The van der Waals surface area contributed by atoms with E-state index in [0.29, 0.717) is 22.2 Å². The second-order valence-electron chi connectivity index (χ2n) is 6.01. The van der Waals surface area contributed by atoms with Crippen molar-refractivity contribution in [2.75, 3.05) is 5.32 Å². The molecule has 0 aliphatic heterocycles. The van der Waals surface area contributed by atoms with Gasteiger partial charge in [0.1, 0.15) is 5.82 Å². The lowest BCUT2D eigenvalue weighted by Gasteiger charge is -2.09. The minimum absolute atomic E-state index is 0.264. The summed E-state index contributed by atoms with van der Waals surface area (Å²) < 4.78 is 1.64. The van der Waals surface area contributed by atoms with Crippen LogP contribution in [0, 0.1) is 20.8 Å². The Hall–Kier alpha value is -3.13. The molecule has 0 bridgehead atoms. The molecule has 1 N–H and O–H groups in total. The van der Waals surface area contributed by atoms with Crippen molar-refractivity contribution in [3.05, 3.63) is 58.7 Å². The van der Waals surface area contributed by atoms with Gasteiger partial charge in [0.2, 0.25) is 0 Å². The fourth-order valence-corrected chi connectivity index (χ4v) is 3.43. The van der Waals surface area contributed by atoms with Gasteiger partial charge in [-0.2, -0.15) is 5.10 Å². The Morgan fingerprint density at radius 3 is 2.81 bits per heavy atom. The van der Waals surface area contributed by atoms with Crippen LogP contribution in [-0.2, 0) is 0 Å². The van der Waals surface area contributed by atoms with E-state index < -0.39 is 0 Å². The highest BCUT2D eigenvalue weighted by Crippen LogP contribution is 2.26. The summed E-state index contributed by atoms with van der Waals surface area (Å²) in [7, 11) is 0. The van der Waals surface area contributed by atoms with Crippen LogP contribution >= 0.6 is 11.3 Å². The Bertz CT molecular complexity index is 1130. The molecule has 8 heteroatoms. The zero-order valence-electron chi connectivity index (χ0n) is 14.5. The van der Waals surface area contributed by atoms with Crippen molar-refractivity contribution in [3.63, 3.8) is 0 Å². The highest BCUT2D eigenvalue weighted by Gasteiger charge is 2.18. The highest BCUT2D eigenvalue weighted by atomic mass is 32.1. The van der Waals surface area contributed by atoms with Gasteiger partial charge in [-0.3, -0.25) is 15.1 Å². The highest BCUT2D eigenvalue weighted by molar-refractivity contribution is 7.13. The van der Waals surface area contributed by atoms with Crippen molar-refractivity contribution < 1.29 is 4.79 Å². The monoisotopic (exact) mass is 364 g/mol. The lowest BCUT2D eigenvalue weighted by Crippen LogP contribution is -2.14. The first-order valence-electron chi connectivity index (χ1n) is 8.03.